The molecule has 9 heteroatoms. The summed E-state index contributed by atoms with van der Waals surface area (Å²) in [6, 6.07) is 1.96. The maximum Gasteiger partial charge on any atom is 0.433 e. The van der Waals surface area contributed by atoms with Crippen molar-refractivity contribution in [1.82, 2.24) is 9.97 Å². The summed E-state index contributed by atoms with van der Waals surface area (Å²) in [7, 11) is 0. The number of anilines is 1. The second-order valence-corrected chi connectivity index (χ2v) is 5.23. The van der Waals surface area contributed by atoms with Crippen molar-refractivity contribution in [2.45, 2.75) is 18.5 Å². The average Bonchev–Trinajstić information content (AvgIpc) is 2.85. The van der Waals surface area contributed by atoms with E-state index in [1.165, 1.54) is 11.3 Å². The van der Waals surface area contributed by atoms with Crippen LogP contribution in [0.2, 0.25) is 0 Å². The molecule has 2 aromatic heterocycles. The van der Waals surface area contributed by atoms with Crippen LogP contribution in [-0.4, -0.2) is 15.9 Å². The van der Waals surface area contributed by atoms with Crippen molar-refractivity contribution >= 4 is 34.5 Å². The van der Waals surface area contributed by atoms with Gasteiger partial charge in [0.1, 0.15) is 10.7 Å². The summed E-state index contributed by atoms with van der Waals surface area (Å²) in [4.78, 5) is 19.1. The van der Waals surface area contributed by atoms with Gasteiger partial charge in [0.2, 0.25) is 5.91 Å². The van der Waals surface area contributed by atoms with Crippen molar-refractivity contribution < 1.29 is 18.0 Å². The number of nitrogens with one attached hydrogen (secondary N) is 1. The lowest BCUT2D eigenvalue weighted by molar-refractivity contribution is -0.141. The van der Waals surface area contributed by atoms with Crippen LogP contribution < -0.4 is 5.32 Å². The first-order valence-corrected chi connectivity index (χ1v) is 7.12. The Morgan fingerprint density at radius 1 is 1.38 bits per heavy atom. The van der Waals surface area contributed by atoms with Gasteiger partial charge in [0.05, 0.1) is 29.9 Å². The van der Waals surface area contributed by atoms with E-state index in [1.54, 1.807) is 5.38 Å². The van der Waals surface area contributed by atoms with Gasteiger partial charge < -0.3 is 5.32 Å². The molecule has 1 amide bonds. The van der Waals surface area contributed by atoms with Gasteiger partial charge in [-0.3, -0.25) is 4.79 Å². The maximum absolute atomic E-state index is 12.3. The Morgan fingerprint density at radius 2 is 2.14 bits per heavy atom. The van der Waals surface area contributed by atoms with Crippen molar-refractivity contribution in [3.05, 3.63) is 40.1 Å². The molecule has 0 saturated heterocycles. The molecule has 21 heavy (non-hydrogen) atoms. The number of alkyl halides is 4. The average molecular weight is 336 g/mol. The van der Waals surface area contributed by atoms with Crippen molar-refractivity contribution in [3.8, 4) is 0 Å². The van der Waals surface area contributed by atoms with Gasteiger partial charge in [-0.25, -0.2) is 9.97 Å². The third-order valence-electron chi connectivity index (χ3n) is 2.39. The van der Waals surface area contributed by atoms with E-state index in [1.807, 2.05) is 0 Å². The van der Waals surface area contributed by atoms with Crippen LogP contribution in [0.25, 0.3) is 0 Å². The molecule has 1 N–H and O–H groups in total. The summed E-state index contributed by atoms with van der Waals surface area (Å²) in [5.74, 6) is -0.118. The molecule has 0 radical (unpaired) electrons. The SMILES string of the molecule is O=C(Cc1nc(CCl)cs1)Nc1ccc(C(F)(F)F)nc1. The largest absolute Gasteiger partial charge is 0.433 e. The number of halogens is 4. The molecule has 2 rings (SSSR count). The molecule has 0 unspecified atom stereocenters. The zero-order valence-corrected chi connectivity index (χ0v) is 12.0. The summed E-state index contributed by atoms with van der Waals surface area (Å²) in [6.07, 6.45) is -3.50. The molecule has 0 atom stereocenters. The van der Waals surface area contributed by atoms with Crippen LogP contribution in [0.3, 0.4) is 0 Å². The van der Waals surface area contributed by atoms with Crippen LogP contribution in [0, 0.1) is 0 Å². The fourth-order valence-electron chi connectivity index (χ4n) is 1.47. The molecule has 0 bridgehead atoms. The van der Waals surface area contributed by atoms with Gasteiger partial charge in [0.25, 0.3) is 0 Å². The van der Waals surface area contributed by atoms with Crippen molar-refractivity contribution in [2.75, 3.05) is 5.32 Å². The molecule has 0 aliphatic carbocycles. The topological polar surface area (TPSA) is 54.9 Å². The molecule has 0 saturated carbocycles. The first-order valence-electron chi connectivity index (χ1n) is 5.71. The smallest absolute Gasteiger partial charge is 0.324 e. The molecule has 2 heterocycles. The highest BCUT2D eigenvalue weighted by molar-refractivity contribution is 7.09. The molecule has 2 aromatic rings. The van der Waals surface area contributed by atoms with E-state index in [2.05, 4.69) is 15.3 Å². The van der Waals surface area contributed by atoms with E-state index in [0.29, 0.717) is 10.7 Å². The van der Waals surface area contributed by atoms with E-state index in [0.717, 1.165) is 18.3 Å². The van der Waals surface area contributed by atoms with E-state index in [-0.39, 0.29) is 23.9 Å². The minimum atomic E-state index is -4.50. The van der Waals surface area contributed by atoms with Crippen molar-refractivity contribution in [3.63, 3.8) is 0 Å². The van der Waals surface area contributed by atoms with Crippen LogP contribution in [0.4, 0.5) is 18.9 Å². The zero-order chi connectivity index (χ0) is 15.5. The second-order valence-electron chi connectivity index (χ2n) is 4.02. The minimum absolute atomic E-state index is 0.0303. The zero-order valence-electron chi connectivity index (χ0n) is 10.4. The number of nitrogens with zero attached hydrogens (tertiary/aromatic N) is 2. The van der Waals surface area contributed by atoms with Crippen LogP contribution in [0.15, 0.2) is 23.7 Å². The van der Waals surface area contributed by atoms with E-state index < -0.39 is 11.9 Å². The number of carbonyl (C=O) groups excluding carboxylic acids is 1. The summed E-state index contributed by atoms with van der Waals surface area (Å²) < 4.78 is 37.0. The summed E-state index contributed by atoms with van der Waals surface area (Å²) in [6.45, 7) is 0. The van der Waals surface area contributed by atoms with Gasteiger partial charge >= 0.3 is 6.18 Å². The first-order chi connectivity index (χ1) is 9.88. The van der Waals surface area contributed by atoms with Gasteiger partial charge in [-0.1, -0.05) is 0 Å². The lowest BCUT2D eigenvalue weighted by Crippen LogP contribution is -2.15. The molecular formula is C12H9ClF3N3OS. The lowest BCUT2D eigenvalue weighted by atomic mass is 10.3. The molecule has 4 nitrogen and oxygen atoms in total. The molecule has 112 valence electrons. The van der Waals surface area contributed by atoms with Crippen molar-refractivity contribution in [1.29, 1.82) is 0 Å². The lowest BCUT2D eigenvalue weighted by Gasteiger charge is -2.07. The number of hydrogen-bond donors (Lipinski definition) is 1. The Balaban J connectivity index is 1.96. The minimum Gasteiger partial charge on any atom is -0.324 e. The Labute approximate surface area is 127 Å². The van der Waals surface area contributed by atoms with Crippen LogP contribution >= 0.6 is 22.9 Å². The molecule has 0 aromatic carbocycles. The molecule has 0 fully saturated rings. The summed E-state index contributed by atoms with van der Waals surface area (Å²) in [5.41, 5.74) is -0.130. The second kappa shape index (κ2) is 6.40. The fraction of sp³-hybridized carbons (Fsp3) is 0.250. The van der Waals surface area contributed by atoms with E-state index in [9.17, 15) is 18.0 Å². The van der Waals surface area contributed by atoms with Gasteiger partial charge in [-0.05, 0) is 12.1 Å². The number of pyridine rings is 1. The number of amides is 1. The number of aromatic nitrogens is 2. The molecule has 0 spiro atoms. The Hall–Kier alpha value is -1.67. The number of carbonyl (C=O) groups is 1. The van der Waals surface area contributed by atoms with Crippen molar-refractivity contribution in [2.24, 2.45) is 0 Å². The third kappa shape index (κ3) is 4.40. The highest BCUT2D eigenvalue weighted by atomic mass is 35.5. The Morgan fingerprint density at radius 3 is 2.67 bits per heavy atom. The monoisotopic (exact) mass is 335 g/mol. The molecule has 0 aliphatic rings. The molecule has 0 aliphatic heterocycles. The fourth-order valence-corrected chi connectivity index (χ4v) is 2.49. The quantitative estimate of drug-likeness (QED) is 0.870. The summed E-state index contributed by atoms with van der Waals surface area (Å²) in [5, 5.41) is 4.79. The van der Waals surface area contributed by atoms with E-state index >= 15 is 0 Å². The van der Waals surface area contributed by atoms with Gasteiger partial charge in [0, 0.05) is 5.38 Å². The third-order valence-corrected chi connectivity index (χ3v) is 3.56. The number of hydrogen-bond acceptors (Lipinski definition) is 4. The van der Waals surface area contributed by atoms with Gasteiger partial charge in [0.15, 0.2) is 0 Å². The molecular weight excluding hydrogens is 327 g/mol. The van der Waals surface area contributed by atoms with E-state index in [4.69, 9.17) is 11.6 Å². The predicted molar refractivity (Wildman–Crippen MR) is 73.2 cm³/mol. The Bertz CT molecular complexity index is 627. The first kappa shape index (κ1) is 15.7. The number of thiazole rings is 1. The normalized spacial score (nSPS) is 11.4. The highest BCUT2D eigenvalue weighted by Gasteiger charge is 2.32. The Kier molecular flexibility index (Phi) is 4.79. The summed E-state index contributed by atoms with van der Waals surface area (Å²) >= 11 is 6.90. The van der Waals surface area contributed by atoms with Gasteiger partial charge in [-0.2, -0.15) is 13.2 Å². The van der Waals surface area contributed by atoms with Gasteiger partial charge in [-0.15, -0.1) is 22.9 Å². The standard InChI is InChI=1S/C12H9ClF3N3OS/c13-4-8-6-21-11(19-8)3-10(20)18-7-1-2-9(17-5-7)12(14,15)16/h1-2,5-6H,3-4H2,(H,18,20). The number of rotatable bonds is 4. The predicted octanol–water partition coefficient (Wildman–Crippen LogP) is 3.48. The van der Waals surface area contributed by atoms with Crippen LogP contribution in [0.1, 0.15) is 16.4 Å². The maximum atomic E-state index is 12.3. The van der Waals surface area contributed by atoms with Crippen LogP contribution in [-0.2, 0) is 23.3 Å². The van der Waals surface area contributed by atoms with Crippen LogP contribution in [0.5, 0.6) is 0 Å². The highest BCUT2D eigenvalue weighted by Crippen LogP contribution is 2.27.